The summed E-state index contributed by atoms with van der Waals surface area (Å²) in [4.78, 5) is 6.86. The Morgan fingerprint density at radius 1 is 1.38 bits per heavy atom. The maximum atomic E-state index is 11.2. The molecule has 5 rings (SSSR count). The Hall–Kier alpha value is -1.91. The number of piperidine rings is 3. The van der Waals surface area contributed by atoms with Crippen molar-refractivity contribution in [1.29, 1.82) is 0 Å². The van der Waals surface area contributed by atoms with Gasteiger partial charge in [0.2, 0.25) is 0 Å². The van der Waals surface area contributed by atoms with Gasteiger partial charge in [-0.2, -0.15) is 0 Å². The number of ether oxygens (including phenoxy) is 1. The molecule has 4 nitrogen and oxygen atoms in total. The molecule has 2 aromatic rings. The first-order valence-electron chi connectivity index (χ1n) is 8.70. The van der Waals surface area contributed by atoms with Crippen LogP contribution in [0.2, 0.25) is 0 Å². The van der Waals surface area contributed by atoms with Crippen molar-refractivity contribution in [3.05, 3.63) is 48.7 Å². The molecule has 0 radical (unpaired) electrons. The number of nitrogens with zero attached hydrogens (tertiary/aromatic N) is 2. The lowest BCUT2D eigenvalue weighted by Gasteiger charge is -2.51. The molecular weight excluding hydrogens is 300 g/mol. The highest BCUT2D eigenvalue weighted by molar-refractivity contribution is 5.83. The molecule has 1 aromatic heterocycles. The van der Waals surface area contributed by atoms with Crippen molar-refractivity contribution in [2.24, 2.45) is 5.92 Å². The van der Waals surface area contributed by atoms with Gasteiger partial charge in [-0.15, -0.1) is 6.58 Å². The van der Waals surface area contributed by atoms with Crippen molar-refractivity contribution in [3.8, 4) is 5.75 Å². The SMILES string of the molecule is C=C[C@H]1C[C@@H]2CCN1[C@@H]([C@H](O)c1ccnc3ccc(OC)cc13)C2. The summed E-state index contributed by atoms with van der Waals surface area (Å²) in [6, 6.07) is 8.31. The molecule has 126 valence electrons. The van der Waals surface area contributed by atoms with Gasteiger partial charge < -0.3 is 9.84 Å². The van der Waals surface area contributed by atoms with Crippen LogP contribution in [-0.2, 0) is 0 Å². The second kappa shape index (κ2) is 6.19. The van der Waals surface area contributed by atoms with E-state index in [2.05, 4.69) is 16.5 Å². The number of hydrogen-bond donors (Lipinski definition) is 1. The smallest absolute Gasteiger partial charge is 0.119 e. The number of hydrogen-bond acceptors (Lipinski definition) is 4. The predicted octanol–water partition coefficient (Wildman–Crippen LogP) is 3.32. The number of aromatic nitrogens is 1. The molecule has 2 bridgehead atoms. The van der Waals surface area contributed by atoms with Crippen molar-refractivity contribution in [2.45, 2.75) is 37.5 Å². The van der Waals surface area contributed by atoms with E-state index in [1.165, 1.54) is 12.8 Å². The van der Waals surface area contributed by atoms with Gasteiger partial charge in [-0.1, -0.05) is 6.08 Å². The van der Waals surface area contributed by atoms with E-state index in [4.69, 9.17) is 4.74 Å². The van der Waals surface area contributed by atoms with E-state index in [-0.39, 0.29) is 6.04 Å². The first-order valence-corrected chi connectivity index (χ1v) is 8.70. The van der Waals surface area contributed by atoms with E-state index in [1.54, 1.807) is 13.3 Å². The van der Waals surface area contributed by atoms with Crippen LogP contribution in [0.15, 0.2) is 43.1 Å². The number of fused-ring (bicyclic) bond motifs is 4. The highest BCUT2D eigenvalue weighted by Gasteiger charge is 2.42. The maximum Gasteiger partial charge on any atom is 0.119 e. The van der Waals surface area contributed by atoms with Gasteiger partial charge in [-0.3, -0.25) is 9.88 Å². The van der Waals surface area contributed by atoms with Gasteiger partial charge in [-0.05, 0) is 61.6 Å². The number of methoxy groups -OCH3 is 1. The Morgan fingerprint density at radius 2 is 2.25 bits per heavy atom. The maximum absolute atomic E-state index is 11.2. The molecule has 3 saturated heterocycles. The quantitative estimate of drug-likeness (QED) is 0.877. The van der Waals surface area contributed by atoms with Crippen LogP contribution in [0.1, 0.15) is 30.9 Å². The number of rotatable bonds is 4. The lowest BCUT2D eigenvalue weighted by Crippen LogP contribution is -2.55. The molecule has 5 atom stereocenters. The Morgan fingerprint density at radius 3 is 3.00 bits per heavy atom. The third kappa shape index (κ3) is 2.50. The Balaban J connectivity index is 1.73. The highest BCUT2D eigenvalue weighted by atomic mass is 16.5. The van der Waals surface area contributed by atoms with Gasteiger partial charge >= 0.3 is 0 Å². The minimum Gasteiger partial charge on any atom is -0.497 e. The number of aliphatic hydroxyl groups is 1. The normalized spacial score (nSPS) is 30.2. The van der Waals surface area contributed by atoms with Crippen LogP contribution in [0, 0.1) is 5.92 Å². The van der Waals surface area contributed by atoms with E-state index >= 15 is 0 Å². The van der Waals surface area contributed by atoms with Crippen molar-refractivity contribution in [1.82, 2.24) is 9.88 Å². The summed E-state index contributed by atoms with van der Waals surface area (Å²) < 4.78 is 5.35. The molecule has 1 unspecified atom stereocenters. The first-order chi connectivity index (χ1) is 11.7. The van der Waals surface area contributed by atoms with Crippen molar-refractivity contribution < 1.29 is 9.84 Å². The van der Waals surface area contributed by atoms with Crippen LogP contribution in [0.5, 0.6) is 5.75 Å². The fourth-order valence-corrected chi connectivity index (χ4v) is 4.48. The average Bonchev–Trinajstić information content (AvgIpc) is 2.66. The van der Waals surface area contributed by atoms with E-state index in [0.29, 0.717) is 12.0 Å². The molecule has 4 heteroatoms. The summed E-state index contributed by atoms with van der Waals surface area (Å²) in [5, 5.41) is 12.2. The number of pyridine rings is 1. The molecule has 3 fully saturated rings. The van der Waals surface area contributed by atoms with Crippen molar-refractivity contribution in [2.75, 3.05) is 13.7 Å². The molecule has 4 heterocycles. The van der Waals surface area contributed by atoms with Crippen molar-refractivity contribution >= 4 is 10.9 Å². The highest BCUT2D eigenvalue weighted by Crippen LogP contribution is 2.42. The molecule has 3 aliphatic heterocycles. The van der Waals surface area contributed by atoms with Gasteiger partial charge in [0.1, 0.15) is 5.75 Å². The average molecular weight is 324 g/mol. The third-order valence-electron chi connectivity index (χ3n) is 5.73. The molecule has 1 N–H and O–H groups in total. The summed E-state index contributed by atoms with van der Waals surface area (Å²) in [7, 11) is 1.66. The van der Waals surface area contributed by atoms with E-state index in [9.17, 15) is 5.11 Å². The third-order valence-corrected chi connectivity index (χ3v) is 5.73. The Labute approximate surface area is 142 Å². The lowest BCUT2D eigenvalue weighted by atomic mass is 9.76. The molecule has 0 spiro atoms. The Kier molecular flexibility index (Phi) is 4.02. The minimum absolute atomic E-state index is 0.150. The number of benzene rings is 1. The first kappa shape index (κ1) is 15.6. The molecule has 1 aromatic carbocycles. The summed E-state index contributed by atoms with van der Waals surface area (Å²) in [6.07, 6.45) is 6.77. The second-order valence-electron chi connectivity index (χ2n) is 6.96. The van der Waals surface area contributed by atoms with Crippen LogP contribution in [0.25, 0.3) is 10.9 Å². The van der Waals surface area contributed by atoms with E-state index in [0.717, 1.165) is 35.2 Å². The summed E-state index contributed by atoms with van der Waals surface area (Å²) in [5.74, 6) is 1.48. The summed E-state index contributed by atoms with van der Waals surface area (Å²) >= 11 is 0. The van der Waals surface area contributed by atoms with Gasteiger partial charge in [-0.25, -0.2) is 0 Å². The second-order valence-corrected chi connectivity index (χ2v) is 6.96. The zero-order valence-electron chi connectivity index (χ0n) is 14.1. The lowest BCUT2D eigenvalue weighted by molar-refractivity contribution is -0.0473. The molecule has 0 amide bonds. The van der Waals surface area contributed by atoms with Gasteiger partial charge in [0.15, 0.2) is 0 Å². The van der Waals surface area contributed by atoms with Gasteiger partial charge in [0.25, 0.3) is 0 Å². The van der Waals surface area contributed by atoms with E-state index in [1.807, 2.05) is 30.3 Å². The zero-order valence-corrected chi connectivity index (χ0v) is 14.1. The zero-order chi connectivity index (χ0) is 16.7. The standard InChI is InChI=1S/C20H24N2O2/c1-3-14-10-13-7-9-22(14)19(11-13)20(23)16-6-8-21-18-5-4-15(24-2)12-17(16)18/h3-6,8,12-14,19-20,23H,1,7,9-11H2,2H3/t13-,14-,19+,20+/m0/s1. The van der Waals surface area contributed by atoms with E-state index < -0.39 is 6.10 Å². The molecule has 3 aliphatic rings. The van der Waals surface area contributed by atoms with Crippen molar-refractivity contribution in [3.63, 3.8) is 0 Å². The molecule has 0 aliphatic carbocycles. The van der Waals surface area contributed by atoms with Crippen LogP contribution < -0.4 is 4.74 Å². The van der Waals surface area contributed by atoms with Crippen LogP contribution in [-0.4, -0.2) is 40.7 Å². The minimum atomic E-state index is -0.520. The summed E-state index contributed by atoms with van der Waals surface area (Å²) in [5.41, 5.74) is 1.84. The number of aliphatic hydroxyl groups excluding tert-OH is 1. The van der Waals surface area contributed by atoms with Gasteiger partial charge in [0, 0.05) is 23.7 Å². The fraction of sp³-hybridized carbons (Fsp3) is 0.450. The topological polar surface area (TPSA) is 45.6 Å². The van der Waals surface area contributed by atoms with Crippen LogP contribution >= 0.6 is 0 Å². The van der Waals surface area contributed by atoms with Crippen LogP contribution in [0.4, 0.5) is 0 Å². The monoisotopic (exact) mass is 324 g/mol. The fourth-order valence-electron chi connectivity index (χ4n) is 4.48. The Bertz CT molecular complexity index is 760. The molecule has 24 heavy (non-hydrogen) atoms. The molecule has 0 saturated carbocycles. The van der Waals surface area contributed by atoms with Gasteiger partial charge in [0.05, 0.1) is 18.7 Å². The molecular formula is C20H24N2O2. The predicted molar refractivity (Wildman–Crippen MR) is 95.1 cm³/mol. The van der Waals surface area contributed by atoms with Crippen LogP contribution in [0.3, 0.4) is 0 Å². The largest absolute Gasteiger partial charge is 0.497 e. The summed E-state index contributed by atoms with van der Waals surface area (Å²) in [6.45, 7) is 5.04.